The van der Waals surface area contributed by atoms with Gasteiger partial charge in [0.25, 0.3) is 0 Å². The first-order valence-corrected chi connectivity index (χ1v) is 12.9. The van der Waals surface area contributed by atoms with Crippen molar-refractivity contribution in [3.05, 3.63) is 39.2 Å². The third-order valence-electron chi connectivity index (χ3n) is 6.06. The van der Waals surface area contributed by atoms with E-state index in [9.17, 15) is 18.6 Å². The molecule has 1 fully saturated rings. The van der Waals surface area contributed by atoms with Gasteiger partial charge in [0.2, 0.25) is 4.96 Å². The number of aryl methyl sites for hydroxylation is 1. The molecule has 31 heavy (non-hydrogen) atoms. The van der Waals surface area contributed by atoms with E-state index in [2.05, 4.69) is 10.1 Å². The van der Waals surface area contributed by atoms with E-state index in [4.69, 9.17) is 4.74 Å². The fourth-order valence-corrected chi connectivity index (χ4v) is 7.36. The Morgan fingerprint density at radius 2 is 1.94 bits per heavy atom. The number of ether oxygens (including phenoxy) is 1. The molecule has 0 amide bonds. The zero-order chi connectivity index (χ0) is 22.6. The van der Waals surface area contributed by atoms with Crippen molar-refractivity contribution in [2.24, 2.45) is 0 Å². The predicted molar refractivity (Wildman–Crippen MR) is 119 cm³/mol. The maximum atomic E-state index is 13.5. The van der Waals surface area contributed by atoms with Gasteiger partial charge in [-0.05, 0) is 59.0 Å². The Morgan fingerprint density at radius 1 is 1.26 bits per heavy atom. The molecule has 0 bridgehead atoms. The van der Waals surface area contributed by atoms with E-state index in [1.807, 2.05) is 13.0 Å². The van der Waals surface area contributed by atoms with E-state index in [-0.39, 0.29) is 10.8 Å². The molecule has 1 atom stereocenters. The molecule has 1 saturated carbocycles. The minimum Gasteiger partial charge on any atom is -0.496 e. The van der Waals surface area contributed by atoms with Gasteiger partial charge in [0.05, 0.1) is 29.9 Å². The summed E-state index contributed by atoms with van der Waals surface area (Å²) in [7, 11) is -2.12. The normalized spacial score (nSPS) is 25.4. The third kappa shape index (κ3) is 4.06. The van der Waals surface area contributed by atoms with E-state index in [0.717, 1.165) is 11.4 Å². The maximum absolute atomic E-state index is 13.5. The molecule has 2 N–H and O–H groups in total. The Hall–Kier alpha value is -1.75. The lowest BCUT2D eigenvalue weighted by molar-refractivity contribution is 0.0772. The molecule has 0 aliphatic heterocycles. The number of rotatable bonds is 5. The van der Waals surface area contributed by atoms with Crippen LogP contribution in [0.2, 0.25) is 0 Å². The SMILES string of the molecule is COC1=CCC(c2c(C)nc3sc(C(C)(C)O)nn23)C=C1S(=O)(=O)C1CCC(O)CC1. The van der Waals surface area contributed by atoms with Gasteiger partial charge in [0.15, 0.2) is 9.84 Å². The van der Waals surface area contributed by atoms with Gasteiger partial charge in [-0.1, -0.05) is 17.4 Å². The standard InChI is InChI=1S/C21H29N3O5S2/c1-12-18(24-20(22-12)30-19(23-24)21(2,3)26)13-5-10-16(29-4)17(11-13)31(27,28)15-8-6-14(25)7-9-15/h10-11,13-15,25-26H,5-9H2,1-4H3. The molecule has 0 spiro atoms. The number of methoxy groups -OCH3 is 1. The number of fused-ring (bicyclic) bond motifs is 1. The highest BCUT2D eigenvalue weighted by molar-refractivity contribution is 7.96. The second-order valence-electron chi connectivity index (χ2n) is 8.86. The van der Waals surface area contributed by atoms with Crippen molar-refractivity contribution in [1.29, 1.82) is 0 Å². The summed E-state index contributed by atoms with van der Waals surface area (Å²) >= 11 is 1.33. The summed E-state index contributed by atoms with van der Waals surface area (Å²) in [5.74, 6) is 0.140. The van der Waals surface area contributed by atoms with Gasteiger partial charge in [-0.15, -0.1) is 0 Å². The van der Waals surface area contributed by atoms with Crippen LogP contribution in [0.5, 0.6) is 0 Å². The van der Waals surface area contributed by atoms with E-state index < -0.39 is 26.8 Å². The minimum absolute atomic E-state index is 0.208. The molecule has 2 heterocycles. The van der Waals surface area contributed by atoms with Crippen LogP contribution in [0.1, 0.15) is 68.3 Å². The van der Waals surface area contributed by atoms with Gasteiger partial charge in [0.1, 0.15) is 21.3 Å². The van der Waals surface area contributed by atoms with Gasteiger partial charge in [0, 0.05) is 5.92 Å². The van der Waals surface area contributed by atoms with Crippen LogP contribution >= 0.6 is 11.3 Å². The Kier molecular flexibility index (Phi) is 5.78. The molecule has 0 aromatic carbocycles. The topological polar surface area (TPSA) is 114 Å². The molecule has 0 saturated heterocycles. The molecular formula is C21H29N3O5S2. The number of nitrogens with zero attached hydrogens (tertiary/aromatic N) is 3. The first kappa shape index (κ1) is 22.4. The summed E-state index contributed by atoms with van der Waals surface area (Å²) in [6.07, 6.45) is 5.60. The zero-order valence-electron chi connectivity index (χ0n) is 18.2. The molecule has 2 aliphatic carbocycles. The lowest BCUT2D eigenvalue weighted by Gasteiger charge is -2.28. The van der Waals surface area contributed by atoms with Crippen LogP contribution in [0.25, 0.3) is 4.96 Å². The smallest absolute Gasteiger partial charge is 0.212 e. The number of allylic oxidation sites excluding steroid dienone is 2. The van der Waals surface area contributed by atoms with E-state index in [1.54, 1.807) is 24.4 Å². The van der Waals surface area contributed by atoms with Crippen LogP contribution in [-0.2, 0) is 20.2 Å². The van der Waals surface area contributed by atoms with E-state index >= 15 is 0 Å². The fourth-order valence-electron chi connectivity index (χ4n) is 4.35. The number of aliphatic hydroxyl groups excluding tert-OH is 1. The highest BCUT2D eigenvalue weighted by atomic mass is 32.2. The second-order valence-corrected chi connectivity index (χ2v) is 12.0. The molecule has 170 valence electrons. The molecule has 0 radical (unpaired) electrons. The van der Waals surface area contributed by atoms with Crippen LogP contribution in [-0.4, -0.2) is 51.7 Å². The largest absolute Gasteiger partial charge is 0.496 e. The van der Waals surface area contributed by atoms with Crippen LogP contribution in [0.4, 0.5) is 0 Å². The summed E-state index contributed by atoms with van der Waals surface area (Å²) in [5.41, 5.74) is 0.524. The van der Waals surface area contributed by atoms with Crippen LogP contribution in [0.15, 0.2) is 22.8 Å². The summed E-state index contributed by atoms with van der Waals surface area (Å²) in [6, 6.07) is 0. The number of sulfone groups is 1. The van der Waals surface area contributed by atoms with E-state index in [1.165, 1.54) is 18.4 Å². The number of aliphatic hydroxyl groups is 2. The van der Waals surface area contributed by atoms with Crippen molar-refractivity contribution >= 4 is 26.1 Å². The van der Waals surface area contributed by atoms with Gasteiger partial charge in [-0.25, -0.2) is 17.9 Å². The molecule has 4 rings (SSSR count). The van der Waals surface area contributed by atoms with Gasteiger partial charge in [-0.3, -0.25) is 0 Å². The molecule has 2 aromatic heterocycles. The van der Waals surface area contributed by atoms with Crippen molar-refractivity contribution in [1.82, 2.24) is 14.6 Å². The monoisotopic (exact) mass is 467 g/mol. The summed E-state index contributed by atoms with van der Waals surface area (Å²) in [4.78, 5) is 5.48. The molecule has 1 unspecified atom stereocenters. The van der Waals surface area contributed by atoms with Crippen molar-refractivity contribution in [2.75, 3.05) is 7.11 Å². The highest BCUT2D eigenvalue weighted by Crippen LogP contribution is 2.39. The van der Waals surface area contributed by atoms with Crippen molar-refractivity contribution in [3.63, 3.8) is 0 Å². The highest BCUT2D eigenvalue weighted by Gasteiger charge is 2.37. The quantitative estimate of drug-likeness (QED) is 0.695. The molecule has 2 aliphatic rings. The van der Waals surface area contributed by atoms with Gasteiger partial charge in [-0.2, -0.15) is 5.10 Å². The van der Waals surface area contributed by atoms with Crippen molar-refractivity contribution in [3.8, 4) is 0 Å². The number of aromatic nitrogens is 3. The third-order valence-corrected chi connectivity index (χ3v) is 9.58. The average Bonchev–Trinajstić information content (AvgIpc) is 3.24. The van der Waals surface area contributed by atoms with E-state index in [0.29, 0.717) is 47.8 Å². The van der Waals surface area contributed by atoms with Crippen LogP contribution in [0.3, 0.4) is 0 Å². The first-order valence-electron chi connectivity index (χ1n) is 10.5. The predicted octanol–water partition coefficient (Wildman–Crippen LogP) is 2.95. The minimum atomic E-state index is -3.61. The molecule has 8 nitrogen and oxygen atoms in total. The Balaban J connectivity index is 1.75. The lowest BCUT2D eigenvalue weighted by atomic mass is 9.95. The summed E-state index contributed by atoms with van der Waals surface area (Å²) in [6.45, 7) is 5.25. The van der Waals surface area contributed by atoms with Gasteiger partial charge >= 0.3 is 0 Å². The Bertz CT molecular complexity index is 1150. The first-order chi connectivity index (χ1) is 14.5. The Morgan fingerprint density at radius 3 is 2.55 bits per heavy atom. The number of hydrogen-bond donors (Lipinski definition) is 2. The average molecular weight is 468 g/mol. The maximum Gasteiger partial charge on any atom is 0.212 e. The van der Waals surface area contributed by atoms with Crippen LogP contribution in [0, 0.1) is 6.92 Å². The number of imidazole rings is 1. The summed E-state index contributed by atoms with van der Waals surface area (Å²) in [5, 5.41) is 24.7. The van der Waals surface area contributed by atoms with Crippen LogP contribution < -0.4 is 0 Å². The second kappa shape index (κ2) is 7.99. The molecule has 10 heteroatoms. The van der Waals surface area contributed by atoms with Gasteiger partial charge < -0.3 is 14.9 Å². The summed E-state index contributed by atoms with van der Waals surface area (Å²) < 4.78 is 34.1. The Labute approximate surface area is 186 Å². The molecule has 2 aromatic rings. The van der Waals surface area contributed by atoms with Crippen molar-refractivity contribution < 1.29 is 23.4 Å². The lowest BCUT2D eigenvalue weighted by Crippen LogP contribution is -2.31. The van der Waals surface area contributed by atoms with Crippen molar-refractivity contribution in [2.45, 2.75) is 75.7 Å². The number of hydrogen-bond acceptors (Lipinski definition) is 8. The molecular weight excluding hydrogens is 438 g/mol. The zero-order valence-corrected chi connectivity index (χ0v) is 19.8. The fraction of sp³-hybridized carbons (Fsp3) is 0.619.